The number of aromatic nitrogens is 1. The van der Waals surface area contributed by atoms with E-state index < -0.39 is 11.7 Å². The monoisotopic (exact) mass is 503 g/mol. The molecule has 37 heavy (non-hydrogen) atoms. The molecule has 0 aliphatic heterocycles. The Balaban J connectivity index is 1.49. The lowest BCUT2D eigenvalue weighted by molar-refractivity contribution is -0.137. The number of hydrogen-bond donors (Lipinski definition) is 2. The number of amides is 1. The summed E-state index contributed by atoms with van der Waals surface area (Å²) in [6.45, 7) is 4.77. The Bertz CT molecular complexity index is 1330. The van der Waals surface area contributed by atoms with E-state index in [4.69, 9.17) is 0 Å². The fourth-order valence-corrected chi connectivity index (χ4v) is 3.95. The normalized spacial score (nSPS) is 11.4. The molecule has 0 unspecified atom stereocenters. The third kappa shape index (κ3) is 6.76. The van der Waals surface area contributed by atoms with Crippen molar-refractivity contribution in [2.24, 2.45) is 0 Å². The summed E-state index contributed by atoms with van der Waals surface area (Å²) in [5.74, 6) is -0.141. The molecule has 1 heterocycles. The highest BCUT2D eigenvalue weighted by molar-refractivity contribution is 6.09. The average Bonchev–Trinajstić information content (AvgIpc) is 2.89. The molecule has 0 atom stereocenters. The van der Waals surface area contributed by atoms with Crippen LogP contribution in [0.2, 0.25) is 0 Å². The first-order valence-electron chi connectivity index (χ1n) is 12.1. The highest BCUT2D eigenvalue weighted by Crippen LogP contribution is 2.33. The lowest BCUT2D eigenvalue weighted by atomic mass is 9.93. The molecule has 7 heteroatoms. The summed E-state index contributed by atoms with van der Waals surface area (Å²) in [4.78, 5) is 17.6. The second-order valence-electron chi connectivity index (χ2n) is 9.06. The first kappa shape index (κ1) is 25.9. The Morgan fingerprint density at radius 1 is 0.892 bits per heavy atom. The van der Waals surface area contributed by atoms with Gasteiger partial charge < -0.3 is 10.6 Å². The van der Waals surface area contributed by atoms with Gasteiger partial charge in [0.05, 0.1) is 5.56 Å². The van der Waals surface area contributed by atoms with Gasteiger partial charge in [-0.05, 0) is 77.2 Å². The van der Waals surface area contributed by atoms with E-state index in [-0.39, 0.29) is 11.8 Å². The van der Waals surface area contributed by atoms with Gasteiger partial charge in [0.15, 0.2) is 0 Å². The quantitative estimate of drug-likeness (QED) is 0.258. The maximum Gasteiger partial charge on any atom is 0.416 e. The molecule has 0 spiro atoms. The van der Waals surface area contributed by atoms with Crippen molar-refractivity contribution in [1.82, 2.24) is 4.98 Å². The number of halogens is 3. The van der Waals surface area contributed by atoms with Gasteiger partial charge in [-0.3, -0.25) is 9.78 Å². The summed E-state index contributed by atoms with van der Waals surface area (Å²) < 4.78 is 39.1. The molecule has 0 saturated heterocycles. The largest absolute Gasteiger partial charge is 0.416 e. The molecule has 2 N–H and O–H groups in total. The summed E-state index contributed by atoms with van der Waals surface area (Å²) in [6, 6.07) is 23.6. The van der Waals surface area contributed by atoms with Crippen LogP contribution in [0.1, 0.15) is 46.9 Å². The third-order valence-corrected chi connectivity index (χ3v) is 6.06. The van der Waals surface area contributed by atoms with Crippen LogP contribution in [0.4, 0.5) is 24.5 Å². The van der Waals surface area contributed by atoms with Gasteiger partial charge in [-0.2, -0.15) is 13.2 Å². The summed E-state index contributed by atoms with van der Waals surface area (Å²) in [6.07, 6.45) is -1.86. The van der Waals surface area contributed by atoms with Crippen LogP contribution < -0.4 is 10.6 Å². The van der Waals surface area contributed by atoms with Crippen molar-refractivity contribution in [2.45, 2.75) is 32.4 Å². The predicted octanol–water partition coefficient (Wildman–Crippen LogP) is 7.80. The molecule has 4 aromatic rings. The Morgan fingerprint density at radius 2 is 1.59 bits per heavy atom. The Hall–Kier alpha value is -4.13. The summed E-state index contributed by atoms with van der Waals surface area (Å²) in [7, 11) is 0. The van der Waals surface area contributed by atoms with E-state index in [9.17, 15) is 18.0 Å². The zero-order valence-corrected chi connectivity index (χ0v) is 20.6. The van der Waals surface area contributed by atoms with Gasteiger partial charge in [0, 0.05) is 41.8 Å². The van der Waals surface area contributed by atoms with Crippen molar-refractivity contribution in [3.63, 3.8) is 0 Å². The van der Waals surface area contributed by atoms with Gasteiger partial charge in [-0.25, -0.2) is 0 Å². The van der Waals surface area contributed by atoms with E-state index in [1.54, 1.807) is 18.3 Å². The standard InChI is InChI=1S/C30H28F3N3O/c1-20(2)22-8-15-27(21-6-9-23(10-7-21)30(31,32)33)28(19-22)29(37)36-26-13-11-25(12-14-26)35-18-16-24-5-3-4-17-34-24/h3-15,17,19-20,35H,16,18H2,1-2H3,(H,36,37). The van der Waals surface area contributed by atoms with Gasteiger partial charge in [-0.1, -0.05) is 44.2 Å². The first-order chi connectivity index (χ1) is 17.7. The lowest BCUT2D eigenvalue weighted by Gasteiger charge is -2.15. The fourth-order valence-electron chi connectivity index (χ4n) is 3.95. The number of rotatable bonds is 8. The molecule has 0 aliphatic carbocycles. The van der Waals surface area contributed by atoms with Crippen LogP contribution >= 0.6 is 0 Å². The number of pyridine rings is 1. The van der Waals surface area contributed by atoms with Crippen LogP contribution in [-0.4, -0.2) is 17.4 Å². The second kappa shape index (κ2) is 11.3. The smallest absolute Gasteiger partial charge is 0.385 e. The van der Waals surface area contributed by atoms with Crippen molar-refractivity contribution in [3.8, 4) is 11.1 Å². The Morgan fingerprint density at radius 3 is 2.22 bits per heavy atom. The lowest BCUT2D eigenvalue weighted by Crippen LogP contribution is -2.14. The molecule has 0 aliphatic rings. The summed E-state index contributed by atoms with van der Waals surface area (Å²) in [5.41, 5.74) is 4.30. The molecule has 190 valence electrons. The Kier molecular flexibility index (Phi) is 7.92. The summed E-state index contributed by atoms with van der Waals surface area (Å²) >= 11 is 0. The van der Waals surface area contributed by atoms with Crippen molar-refractivity contribution in [3.05, 3.63) is 114 Å². The van der Waals surface area contributed by atoms with E-state index in [1.807, 2.05) is 62.4 Å². The first-order valence-corrected chi connectivity index (χ1v) is 12.1. The highest BCUT2D eigenvalue weighted by atomic mass is 19.4. The zero-order chi connectivity index (χ0) is 26.4. The van der Waals surface area contributed by atoms with Crippen molar-refractivity contribution >= 4 is 17.3 Å². The number of carbonyl (C=O) groups is 1. The summed E-state index contributed by atoms with van der Waals surface area (Å²) in [5, 5.41) is 6.26. The highest BCUT2D eigenvalue weighted by Gasteiger charge is 2.30. The Labute approximate surface area is 214 Å². The van der Waals surface area contributed by atoms with Gasteiger partial charge in [0.25, 0.3) is 5.91 Å². The van der Waals surface area contributed by atoms with Crippen LogP contribution in [0.25, 0.3) is 11.1 Å². The van der Waals surface area contributed by atoms with Crippen molar-refractivity contribution in [2.75, 3.05) is 17.2 Å². The van der Waals surface area contributed by atoms with E-state index in [0.29, 0.717) is 22.4 Å². The zero-order valence-electron chi connectivity index (χ0n) is 20.6. The van der Waals surface area contributed by atoms with Crippen molar-refractivity contribution in [1.29, 1.82) is 0 Å². The molecule has 3 aromatic carbocycles. The second-order valence-corrected chi connectivity index (χ2v) is 9.06. The molecule has 0 bridgehead atoms. The molecule has 4 nitrogen and oxygen atoms in total. The number of hydrogen-bond acceptors (Lipinski definition) is 3. The fraction of sp³-hybridized carbons (Fsp3) is 0.200. The average molecular weight is 504 g/mol. The third-order valence-electron chi connectivity index (χ3n) is 6.06. The topological polar surface area (TPSA) is 54.0 Å². The number of benzene rings is 3. The molecule has 0 saturated carbocycles. The SMILES string of the molecule is CC(C)c1ccc(-c2ccc(C(F)(F)F)cc2)c(C(=O)Nc2ccc(NCCc3ccccn3)cc2)c1. The minimum Gasteiger partial charge on any atom is -0.385 e. The van der Waals surface area contributed by atoms with Crippen LogP contribution in [0.3, 0.4) is 0 Å². The van der Waals surface area contributed by atoms with E-state index in [1.165, 1.54) is 12.1 Å². The molecular formula is C30H28F3N3O. The van der Waals surface area contributed by atoms with Crippen LogP contribution in [0.15, 0.2) is 91.1 Å². The van der Waals surface area contributed by atoms with E-state index in [0.717, 1.165) is 42.0 Å². The minimum absolute atomic E-state index is 0.185. The number of anilines is 2. The maximum atomic E-state index is 13.3. The van der Waals surface area contributed by atoms with Crippen LogP contribution in [-0.2, 0) is 12.6 Å². The predicted molar refractivity (Wildman–Crippen MR) is 142 cm³/mol. The number of carbonyl (C=O) groups excluding carboxylic acids is 1. The molecule has 0 fully saturated rings. The number of nitrogens with one attached hydrogen (secondary N) is 2. The van der Waals surface area contributed by atoms with Gasteiger partial charge in [-0.15, -0.1) is 0 Å². The van der Waals surface area contributed by atoms with Crippen molar-refractivity contribution < 1.29 is 18.0 Å². The van der Waals surface area contributed by atoms with E-state index in [2.05, 4.69) is 15.6 Å². The minimum atomic E-state index is -4.42. The molecule has 4 rings (SSSR count). The maximum absolute atomic E-state index is 13.3. The van der Waals surface area contributed by atoms with E-state index >= 15 is 0 Å². The van der Waals surface area contributed by atoms with Crippen LogP contribution in [0.5, 0.6) is 0 Å². The molecular weight excluding hydrogens is 475 g/mol. The molecule has 1 aromatic heterocycles. The molecule has 1 amide bonds. The van der Waals surface area contributed by atoms with Gasteiger partial charge >= 0.3 is 6.18 Å². The number of nitrogens with zero attached hydrogens (tertiary/aromatic N) is 1. The number of alkyl halides is 3. The molecule has 0 radical (unpaired) electrons. The van der Waals surface area contributed by atoms with Gasteiger partial charge in [0.1, 0.15) is 0 Å². The van der Waals surface area contributed by atoms with Gasteiger partial charge in [0.2, 0.25) is 0 Å². The van der Waals surface area contributed by atoms with Crippen LogP contribution in [0, 0.1) is 0 Å².